The second-order valence-electron chi connectivity index (χ2n) is 4.52. The third-order valence-corrected chi connectivity index (χ3v) is 3.36. The number of anilines is 1. The molecule has 0 heterocycles. The molecule has 0 radical (unpaired) electrons. The molecule has 0 aliphatic carbocycles. The Bertz CT molecular complexity index is 527. The van der Waals surface area contributed by atoms with E-state index in [1.807, 2.05) is 18.9 Å². The molecule has 0 spiro atoms. The number of rotatable bonds is 7. The fraction of sp³-hybridized carbons (Fsp3) is 0.333. The quantitative estimate of drug-likeness (QED) is 0.620. The molecule has 0 saturated heterocycles. The van der Waals surface area contributed by atoms with E-state index in [1.54, 1.807) is 24.4 Å². The van der Waals surface area contributed by atoms with Crippen LogP contribution >= 0.6 is 11.6 Å². The average molecular weight is 295 g/mol. The van der Waals surface area contributed by atoms with E-state index in [1.165, 1.54) is 0 Å². The molecule has 1 rings (SSSR count). The van der Waals surface area contributed by atoms with Crippen LogP contribution in [0.5, 0.6) is 0 Å². The van der Waals surface area contributed by atoms with Crippen LogP contribution in [0.1, 0.15) is 35.7 Å². The Morgan fingerprint density at radius 1 is 1.45 bits per heavy atom. The van der Waals surface area contributed by atoms with E-state index >= 15 is 0 Å². The number of hydrogen-bond donors (Lipinski definition) is 1. The van der Waals surface area contributed by atoms with Gasteiger partial charge in [-0.25, -0.2) is 0 Å². The summed E-state index contributed by atoms with van der Waals surface area (Å²) in [5.74, 6) is 0.223. The summed E-state index contributed by atoms with van der Waals surface area (Å²) < 4.78 is 0. The number of hydrogen-bond acceptors (Lipinski definition) is 4. The Labute approximate surface area is 124 Å². The van der Waals surface area contributed by atoms with Gasteiger partial charge in [0.2, 0.25) is 0 Å². The lowest BCUT2D eigenvalue weighted by atomic mass is 10.1. The summed E-state index contributed by atoms with van der Waals surface area (Å²) in [7, 11) is 1.86. The summed E-state index contributed by atoms with van der Waals surface area (Å²) in [5, 5.41) is 0.416. The van der Waals surface area contributed by atoms with Crippen molar-refractivity contribution in [3.05, 3.63) is 34.5 Å². The molecule has 0 unspecified atom stereocenters. The van der Waals surface area contributed by atoms with Gasteiger partial charge in [0, 0.05) is 37.6 Å². The Morgan fingerprint density at radius 2 is 2.15 bits per heavy atom. The second kappa shape index (κ2) is 7.70. The molecule has 1 aromatic carbocycles. The number of ketones is 1. The van der Waals surface area contributed by atoms with Gasteiger partial charge in [0.05, 0.1) is 10.7 Å². The molecule has 0 fully saturated rings. The van der Waals surface area contributed by atoms with Crippen LogP contribution in [0.2, 0.25) is 5.02 Å². The predicted molar refractivity (Wildman–Crippen MR) is 82.8 cm³/mol. The van der Waals surface area contributed by atoms with Crippen LogP contribution in [0.25, 0.3) is 6.08 Å². The van der Waals surface area contributed by atoms with E-state index < -0.39 is 0 Å². The van der Waals surface area contributed by atoms with Crippen molar-refractivity contribution in [2.45, 2.75) is 19.8 Å². The normalized spacial score (nSPS) is 10.8. The lowest BCUT2D eigenvalue weighted by Crippen LogP contribution is -2.15. The van der Waals surface area contributed by atoms with Gasteiger partial charge >= 0.3 is 0 Å². The molecule has 20 heavy (non-hydrogen) atoms. The Morgan fingerprint density at radius 3 is 2.75 bits per heavy atom. The number of carbonyl (C=O) groups is 2. The Hall–Kier alpha value is -1.81. The number of carbonyl (C=O) groups excluding carboxylic acids is 2. The Kier molecular flexibility index (Phi) is 6.25. The lowest BCUT2D eigenvalue weighted by molar-refractivity contribution is -0.118. The number of benzene rings is 1. The fourth-order valence-electron chi connectivity index (χ4n) is 1.67. The topological polar surface area (TPSA) is 63.4 Å². The van der Waals surface area contributed by atoms with Crippen molar-refractivity contribution >= 4 is 35.4 Å². The van der Waals surface area contributed by atoms with Gasteiger partial charge in [-0.3, -0.25) is 9.59 Å². The maximum atomic E-state index is 11.3. The predicted octanol–water partition coefficient (Wildman–Crippen LogP) is 3.01. The highest BCUT2D eigenvalue weighted by Crippen LogP contribution is 2.26. The first kappa shape index (κ1) is 16.2. The highest BCUT2D eigenvalue weighted by atomic mass is 35.5. The molecule has 0 aliphatic rings. The minimum Gasteiger partial charge on any atom is -0.397 e. The van der Waals surface area contributed by atoms with E-state index in [0.717, 1.165) is 6.29 Å². The van der Waals surface area contributed by atoms with Gasteiger partial charge in [-0.1, -0.05) is 18.5 Å². The SMILES string of the molecule is CCC(=O)CCN(C)/C=C\c1c(C=O)ccc(Cl)c1N. The molecule has 0 bridgehead atoms. The van der Waals surface area contributed by atoms with Gasteiger partial charge in [0.1, 0.15) is 5.78 Å². The van der Waals surface area contributed by atoms with Crippen LogP contribution in [-0.2, 0) is 4.79 Å². The maximum Gasteiger partial charge on any atom is 0.150 e. The third-order valence-electron chi connectivity index (χ3n) is 3.03. The zero-order valence-corrected chi connectivity index (χ0v) is 12.5. The minimum atomic E-state index is 0.223. The van der Waals surface area contributed by atoms with Gasteiger partial charge in [-0.15, -0.1) is 0 Å². The number of Topliss-reactive ketones (excluding diaryl/α,β-unsaturated/α-hetero) is 1. The molecule has 5 heteroatoms. The first-order valence-corrected chi connectivity index (χ1v) is 6.80. The highest BCUT2D eigenvalue weighted by molar-refractivity contribution is 6.33. The number of halogens is 1. The number of nitrogens with zero attached hydrogens (tertiary/aromatic N) is 1. The number of aldehydes is 1. The van der Waals surface area contributed by atoms with Crippen LogP contribution < -0.4 is 5.73 Å². The van der Waals surface area contributed by atoms with Crippen molar-refractivity contribution in [1.29, 1.82) is 0 Å². The summed E-state index contributed by atoms with van der Waals surface area (Å²) in [6.45, 7) is 2.47. The average Bonchev–Trinajstić information content (AvgIpc) is 2.46. The van der Waals surface area contributed by atoms with Gasteiger partial charge in [-0.05, 0) is 24.4 Å². The number of nitrogen functional groups attached to an aromatic ring is 1. The number of nitrogens with two attached hydrogens (primary N) is 1. The van der Waals surface area contributed by atoms with Crippen molar-refractivity contribution < 1.29 is 9.59 Å². The lowest BCUT2D eigenvalue weighted by Gasteiger charge is -2.13. The molecule has 0 aliphatic heterocycles. The van der Waals surface area contributed by atoms with Gasteiger partial charge in [0.15, 0.2) is 6.29 Å². The molecule has 0 amide bonds. The van der Waals surface area contributed by atoms with E-state index in [9.17, 15) is 9.59 Å². The minimum absolute atomic E-state index is 0.223. The largest absolute Gasteiger partial charge is 0.397 e. The van der Waals surface area contributed by atoms with Gasteiger partial charge < -0.3 is 10.6 Å². The van der Waals surface area contributed by atoms with Crippen LogP contribution in [0.3, 0.4) is 0 Å². The highest BCUT2D eigenvalue weighted by Gasteiger charge is 2.07. The molecule has 4 nitrogen and oxygen atoms in total. The molecular formula is C15H19ClN2O2. The van der Waals surface area contributed by atoms with Crippen molar-refractivity contribution in [2.24, 2.45) is 0 Å². The molecule has 1 aromatic rings. The third kappa shape index (κ3) is 4.38. The summed E-state index contributed by atoms with van der Waals surface area (Å²) in [6.07, 6.45) is 5.32. The molecule has 108 valence electrons. The zero-order chi connectivity index (χ0) is 15.1. The zero-order valence-electron chi connectivity index (χ0n) is 11.7. The monoisotopic (exact) mass is 294 g/mol. The van der Waals surface area contributed by atoms with Crippen LogP contribution in [0, 0.1) is 0 Å². The van der Waals surface area contributed by atoms with Crippen LogP contribution in [0.4, 0.5) is 5.69 Å². The standard InChI is InChI=1S/C15H19ClN2O2/c1-3-12(20)6-8-18(2)9-7-13-11(10-19)4-5-14(16)15(13)17/h4-5,7,9-10H,3,6,8,17H2,1-2H3/b9-7-. The first-order chi connectivity index (χ1) is 9.49. The van der Waals surface area contributed by atoms with E-state index in [0.29, 0.717) is 41.2 Å². The summed E-state index contributed by atoms with van der Waals surface area (Å²) in [4.78, 5) is 24.1. The Balaban J connectivity index is 2.81. The summed E-state index contributed by atoms with van der Waals surface area (Å²) in [5.41, 5.74) is 7.34. The van der Waals surface area contributed by atoms with Crippen LogP contribution in [0.15, 0.2) is 18.3 Å². The van der Waals surface area contributed by atoms with E-state index in [-0.39, 0.29) is 5.78 Å². The van der Waals surface area contributed by atoms with Gasteiger partial charge in [-0.2, -0.15) is 0 Å². The van der Waals surface area contributed by atoms with E-state index in [2.05, 4.69) is 0 Å². The summed E-state index contributed by atoms with van der Waals surface area (Å²) >= 11 is 5.95. The summed E-state index contributed by atoms with van der Waals surface area (Å²) in [6, 6.07) is 3.23. The first-order valence-electron chi connectivity index (χ1n) is 6.42. The molecular weight excluding hydrogens is 276 g/mol. The fourth-order valence-corrected chi connectivity index (χ4v) is 1.83. The van der Waals surface area contributed by atoms with Crippen molar-refractivity contribution in [2.75, 3.05) is 19.3 Å². The van der Waals surface area contributed by atoms with Crippen molar-refractivity contribution in [1.82, 2.24) is 4.90 Å². The van der Waals surface area contributed by atoms with Crippen molar-refractivity contribution in [3.8, 4) is 0 Å². The smallest absolute Gasteiger partial charge is 0.150 e. The maximum absolute atomic E-state index is 11.3. The molecule has 0 aromatic heterocycles. The van der Waals surface area contributed by atoms with Gasteiger partial charge in [0.25, 0.3) is 0 Å². The molecule has 0 saturated carbocycles. The van der Waals surface area contributed by atoms with Crippen molar-refractivity contribution in [3.63, 3.8) is 0 Å². The molecule has 0 atom stereocenters. The van der Waals surface area contributed by atoms with Crippen LogP contribution in [-0.4, -0.2) is 30.6 Å². The van der Waals surface area contributed by atoms with E-state index in [4.69, 9.17) is 17.3 Å². The second-order valence-corrected chi connectivity index (χ2v) is 4.93. The molecule has 2 N–H and O–H groups in total.